The molecule has 0 saturated heterocycles. The zero-order chi connectivity index (χ0) is 23.9. The Balaban J connectivity index is 1.93. The third-order valence-corrected chi connectivity index (χ3v) is 5.29. The van der Waals surface area contributed by atoms with Crippen molar-refractivity contribution in [1.82, 2.24) is 18.9 Å². The van der Waals surface area contributed by atoms with Crippen LogP contribution in [0.4, 0.5) is 13.2 Å². The first-order chi connectivity index (χ1) is 15.6. The van der Waals surface area contributed by atoms with Crippen molar-refractivity contribution in [1.29, 1.82) is 5.26 Å². The average molecular weight is 451 g/mol. The molecule has 33 heavy (non-hydrogen) atoms. The van der Waals surface area contributed by atoms with Gasteiger partial charge in [0, 0.05) is 12.7 Å². The highest BCUT2D eigenvalue weighted by molar-refractivity contribution is 5.64. The molecule has 0 saturated carbocycles. The predicted molar refractivity (Wildman–Crippen MR) is 114 cm³/mol. The van der Waals surface area contributed by atoms with E-state index in [2.05, 4.69) is 5.10 Å². The molecule has 0 radical (unpaired) electrons. The van der Waals surface area contributed by atoms with E-state index in [9.17, 15) is 22.8 Å². The SMILES string of the molecule is Cc1c(-c2ccnn2-c2ccc(C#N)cc2)c(=O)n(C)c(=O)n1-c1ccc(C(F)(F)F)cc1. The van der Waals surface area contributed by atoms with Crippen molar-refractivity contribution >= 4 is 0 Å². The van der Waals surface area contributed by atoms with Crippen LogP contribution < -0.4 is 11.2 Å². The molecule has 0 aliphatic heterocycles. The topological polar surface area (TPSA) is 85.6 Å². The molecule has 0 amide bonds. The number of rotatable bonds is 3. The maximum absolute atomic E-state index is 13.1. The van der Waals surface area contributed by atoms with Gasteiger partial charge in [0.15, 0.2) is 0 Å². The molecule has 0 unspecified atom stereocenters. The number of nitriles is 1. The molecule has 0 bridgehead atoms. The molecule has 2 heterocycles. The molecule has 0 atom stereocenters. The standard InChI is InChI=1S/C23H16F3N5O2/c1-14-20(19-11-12-28-31(19)18-7-3-15(13-27)4-8-18)21(32)29(2)22(33)30(14)17-9-5-16(6-10-17)23(24,25)26/h3-12H,1-2H3. The summed E-state index contributed by atoms with van der Waals surface area (Å²) in [5, 5.41) is 13.3. The van der Waals surface area contributed by atoms with E-state index in [-0.39, 0.29) is 16.9 Å². The van der Waals surface area contributed by atoms with Crippen LogP contribution in [0.5, 0.6) is 0 Å². The first-order valence-electron chi connectivity index (χ1n) is 9.68. The molecule has 0 fully saturated rings. The second-order valence-electron chi connectivity index (χ2n) is 7.27. The van der Waals surface area contributed by atoms with Crippen LogP contribution in [0.3, 0.4) is 0 Å². The van der Waals surface area contributed by atoms with Gasteiger partial charge in [-0.15, -0.1) is 0 Å². The lowest BCUT2D eigenvalue weighted by Crippen LogP contribution is -2.40. The monoisotopic (exact) mass is 451 g/mol. The Morgan fingerprint density at radius 1 is 0.939 bits per heavy atom. The molecule has 0 N–H and O–H groups in total. The Morgan fingerprint density at radius 2 is 1.55 bits per heavy atom. The lowest BCUT2D eigenvalue weighted by Gasteiger charge is -2.17. The summed E-state index contributed by atoms with van der Waals surface area (Å²) in [5.41, 5.74) is -0.0807. The quantitative estimate of drug-likeness (QED) is 0.477. The van der Waals surface area contributed by atoms with Crippen molar-refractivity contribution in [3.8, 4) is 28.7 Å². The van der Waals surface area contributed by atoms with Crippen molar-refractivity contribution in [3.63, 3.8) is 0 Å². The highest BCUT2D eigenvalue weighted by Crippen LogP contribution is 2.30. The van der Waals surface area contributed by atoms with E-state index in [0.29, 0.717) is 16.9 Å². The first-order valence-corrected chi connectivity index (χ1v) is 9.68. The number of halogens is 3. The summed E-state index contributed by atoms with van der Waals surface area (Å²) in [6.45, 7) is 1.55. The van der Waals surface area contributed by atoms with Gasteiger partial charge in [0.1, 0.15) is 0 Å². The molecule has 4 aromatic rings. The molecular weight excluding hydrogens is 435 g/mol. The van der Waals surface area contributed by atoms with Gasteiger partial charge in [-0.25, -0.2) is 9.48 Å². The van der Waals surface area contributed by atoms with Gasteiger partial charge < -0.3 is 0 Å². The summed E-state index contributed by atoms with van der Waals surface area (Å²) in [5.74, 6) is 0. The Kier molecular flexibility index (Phi) is 5.25. The largest absolute Gasteiger partial charge is 0.416 e. The van der Waals surface area contributed by atoms with E-state index >= 15 is 0 Å². The van der Waals surface area contributed by atoms with Gasteiger partial charge in [-0.2, -0.15) is 23.5 Å². The summed E-state index contributed by atoms with van der Waals surface area (Å²) in [4.78, 5) is 26.0. The van der Waals surface area contributed by atoms with Gasteiger partial charge in [-0.3, -0.25) is 13.9 Å². The molecule has 2 aromatic carbocycles. The number of hydrogen-bond acceptors (Lipinski definition) is 4. The number of benzene rings is 2. The van der Waals surface area contributed by atoms with E-state index in [4.69, 9.17) is 5.26 Å². The van der Waals surface area contributed by atoms with Crippen LogP contribution in [-0.4, -0.2) is 18.9 Å². The van der Waals surface area contributed by atoms with Gasteiger partial charge in [-0.1, -0.05) is 0 Å². The third kappa shape index (κ3) is 3.74. The zero-order valence-electron chi connectivity index (χ0n) is 17.5. The maximum atomic E-state index is 13.1. The van der Waals surface area contributed by atoms with Crippen molar-refractivity contribution in [3.05, 3.63) is 98.5 Å². The molecule has 10 heteroatoms. The Labute approximate surface area is 185 Å². The minimum atomic E-state index is -4.51. The Hall–Kier alpha value is -4.39. The third-order valence-electron chi connectivity index (χ3n) is 5.29. The molecule has 166 valence electrons. The van der Waals surface area contributed by atoms with Crippen molar-refractivity contribution in [2.45, 2.75) is 13.1 Å². The van der Waals surface area contributed by atoms with Gasteiger partial charge in [-0.05, 0) is 61.5 Å². The summed E-state index contributed by atoms with van der Waals surface area (Å²) in [6, 6.07) is 14.3. The van der Waals surface area contributed by atoms with Gasteiger partial charge in [0.05, 0.1) is 46.0 Å². The molecule has 0 aliphatic carbocycles. The molecular formula is C23H16F3N5O2. The minimum Gasteiger partial charge on any atom is -0.268 e. The van der Waals surface area contributed by atoms with Crippen LogP contribution in [-0.2, 0) is 13.2 Å². The fourth-order valence-corrected chi connectivity index (χ4v) is 3.59. The highest BCUT2D eigenvalue weighted by Gasteiger charge is 2.30. The van der Waals surface area contributed by atoms with Crippen LogP contribution in [0.25, 0.3) is 22.6 Å². The minimum absolute atomic E-state index is 0.166. The Morgan fingerprint density at radius 3 is 2.12 bits per heavy atom. The van der Waals surface area contributed by atoms with E-state index < -0.39 is 23.0 Å². The molecule has 4 rings (SSSR count). The summed E-state index contributed by atoms with van der Waals surface area (Å²) in [6.07, 6.45) is -3.03. The smallest absolute Gasteiger partial charge is 0.268 e. The van der Waals surface area contributed by atoms with Crippen molar-refractivity contribution < 1.29 is 13.2 Å². The molecule has 2 aromatic heterocycles. The van der Waals surface area contributed by atoms with Crippen LogP contribution >= 0.6 is 0 Å². The van der Waals surface area contributed by atoms with E-state index in [1.54, 1.807) is 37.3 Å². The van der Waals surface area contributed by atoms with Crippen LogP contribution in [0.1, 0.15) is 16.8 Å². The van der Waals surface area contributed by atoms with E-state index in [1.807, 2.05) is 6.07 Å². The van der Waals surface area contributed by atoms with Crippen LogP contribution in [0, 0.1) is 18.3 Å². The van der Waals surface area contributed by atoms with E-state index in [1.165, 1.54) is 34.6 Å². The fourth-order valence-electron chi connectivity index (χ4n) is 3.59. The average Bonchev–Trinajstić information content (AvgIpc) is 3.27. The van der Waals surface area contributed by atoms with Crippen molar-refractivity contribution in [2.24, 2.45) is 7.05 Å². The first kappa shape index (κ1) is 21.8. The number of alkyl halides is 3. The second kappa shape index (κ2) is 7.94. The number of aromatic nitrogens is 4. The second-order valence-corrected chi connectivity index (χ2v) is 7.27. The number of nitrogens with zero attached hydrogens (tertiary/aromatic N) is 5. The highest BCUT2D eigenvalue weighted by atomic mass is 19.4. The number of hydrogen-bond donors (Lipinski definition) is 0. The fraction of sp³-hybridized carbons (Fsp3) is 0.130. The lowest BCUT2D eigenvalue weighted by molar-refractivity contribution is -0.137. The molecule has 0 spiro atoms. The predicted octanol–water partition coefficient (Wildman–Crippen LogP) is 3.59. The Bertz CT molecular complexity index is 1500. The van der Waals surface area contributed by atoms with Gasteiger partial charge in [0.25, 0.3) is 5.56 Å². The molecule has 7 nitrogen and oxygen atoms in total. The zero-order valence-corrected chi connectivity index (χ0v) is 17.5. The summed E-state index contributed by atoms with van der Waals surface area (Å²) < 4.78 is 42.5. The summed E-state index contributed by atoms with van der Waals surface area (Å²) >= 11 is 0. The lowest BCUT2D eigenvalue weighted by atomic mass is 10.1. The maximum Gasteiger partial charge on any atom is 0.416 e. The van der Waals surface area contributed by atoms with Crippen LogP contribution in [0.2, 0.25) is 0 Å². The van der Waals surface area contributed by atoms with E-state index in [0.717, 1.165) is 16.7 Å². The summed E-state index contributed by atoms with van der Waals surface area (Å²) in [7, 11) is 1.30. The van der Waals surface area contributed by atoms with Crippen LogP contribution in [0.15, 0.2) is 70.4 Å². The normalized spacial score (nSPS) is 11.4. The van der Waals surface area contributed by atoms with Gasteiger partial charge >= 0.3 is 11.9 Å². The van der Waals surface area contributed by atoms with Crippen molar-refractivity contribution in [2.75, 3.05) is 0 Å². The molecule has 0 aliphatic rings. The van der Waals surface area contributed by atoms with Gasteiger partial charge in [0.2, 0.25) is 0 Å².